The van der Waals surface area contributed by atoms with E-state index in [0.29, 0.717) is 0 Å². The van der Waals surface area contributed by atoms with Gasteiger partial charge in [-0.25, -0.2) is 0 Å². The Morgan fingerprint density at radius 3 is 2.53 bits per heavy atom. The van der Waals surface area contributed by atoms with Crippen LogP contribution in [0.25, 0.3) is 0 Å². The van der Waals surface area contributed by atoms with Crippen LogP contribution in [0.5, 0.6) is 5.75 Å². The number of hydrogen-bond acceptors (Lipinski definition) is 2. The summed E-state index contributed by atoms with van der Waals surface area (Å²) in [5.74, 6) is 0.899. The van der Waals surface area contributed by atoms with Gasteiger partial charge in [0.1, 0.15) is 5.75 Å². The monoisotopic (exact) mass is 503 g/mol. The summed E-state index contributed by atoms with van der Waals surface area (Å²) in [6.07, 6.45) is 26.4. The normalized spacial score (nSPS) is 20.6. The van der Waals surface area contributed by atoms with Crippen molar-refractivity contribution >= 4 is 5.69 Å². The summed E-state index contributed by atoms with van der Waals surface area (Å²) in [5.41, 5.74) is 7.50. The Balaban J connectivity index is 1.63. The first kappa shape index (κ1) is 27.3. The van der Waals surface area contributed by atoms with Gasteiger partial charge in [-0.15, -0.1) is 0 Å². The van der Waals surface area contributed by atoms with Gasteiger partial charge < -0.3 is 9.64 Å². The molecule has 0 amide bonds. The van der Waals surface area contributed by atoms with Gasteiger partial charge in [-0.2, -0.15) is 0 Å². The third-order valence-corrected chi connectivity index (χ3v) is 7.84. The Bertz CT molecular complexity index is 1350. The fraction of sp³-hybridized carbons (Fsp3) is 0.278. The van der Waals surface area contributed by atoms with Crippen LogP contribution < -0.4 is 9.64 Å². The van der Waals surface area contributed by atoms with Gasteiger partial charge >= 0.3 is 0 Å². The SMILES string of the molecule is C\C=C(/C=C/C=C1/N(C)c2ccc(OC)cc2C1(C)C)C(C)(/C=C/C=C1C=CC=CC1)Cc1ccccc1. The van der Waals surface area contributed by atoms with Crippen molar-refractivity contribution in [2.24, 2.45) is 5.41 Å². The standard InChI is InChI=1S/C36H41NO/c1-7-30(21-14-22-34-35(2,3)32-26-31(38-6)23-24-33(32)37(34)5)36(4,27-29-18-12-9-13-19-29)25-15-20-28-16-10-8-11-17-28/h7-16,18-26H,17,27H2,1-6H3/b21-14+,25-15+,28-20?,30-7+,34-22+. The van der Waals surface area contributed by atoms with Crippen LogP contribution in [0.15, 0.2) is 132 Å². The van der Waals surface area contributed by atoms with Crippen LogP contribution in [0.3, 0.4) is 0 Å². The highest BCUT2D eigenvalue weighted by atomic mass is 16.5. The topological polar surface area (TPSA) is 12.5 Å². The Morgan fingerprint density at radius 2 is 1.84 bits per heavy atom. The molecule has 1 aliphatic carbocycles. The Morgan fingerprint density at radius 1 is 1.05 bits per heavy atom. The number of benzene rings is 2. The molecule has 0 radical (unpaired) electrons. The van der Waals surface area contributed by atoms with Crippen molar-refractivity contribution < 1.29 is 4.74 Å². The first-order chi connectivity index (χ1) is 18.3. The molecule has 1 heterocycles. The van der Waals surface area contributed by atoms with Crippen molar-refractivity contribution in [2.75, 3.05) is 19.1 Å². The largest absolute Gasteiger partial charge is 0.497 e. The number of anilines is 1. The molecule has 1 aliphatic heterocycles. The van der Waals surface area contributed by atoms with Crippen LogP contribution in [0.4, 0.5) is 5.69 Å². The van der Waals surface area contributed by atoms with Gasteiger partial charge in [-0.05, 0) is 66.3 Å². The molecule has 1 unspecified atom stereocenters. The minimum absolute atomic E-state index is 0.111. The van der Waals surface area contributed by atoms with Crippen LogP contribution in [-0.2, 0) is 11.8 Å². The van der Waals surface area contributed by atoms with Crippen LogP contribution in [0, 0.1) is 5.41 Å². The van der Waals surface area contributed by atoms with Crippen LogP contribution in [-0.4, -0.2) is 14.2 Å². The second-order valence-electron chi connectivity index (χ2n) is 10.9. The van der Waals surface area contributed by atoms with E-state index in [1.165, 1.54) is 33.7 Å². The van der Waals surface area contributed by atoms with E-state index < -0.39 is 0 Å². The molecule has 0 spiro atoms. The molecule has 2 aromatic carbocycles. The predicted octanol–water partition coefficient (Wildman–Crippen LogP) is 9.06. The molecule has 38 heavy (non-hydrogen) atoms. The summed E-state index contributed by atoms with van der Waals surface area (Å²) in [4.78, 5) is 2.30. The molecular weight excluding hydrogens is 462 g/mol. The summed E-state index contributed by atoms with van der Waals surface area (Å²) < 4.78 is 5.51. The molecule has 0 saturated heterocycles. The summed E-state index contributed by atoms with van der Waals surface area (Å²) in [7, 11) is 3.88. The number of allylic oxidation sites excluding steroid dienone is 14. The lowest BCUT2D eigenvalue weighted by atomic mass is 9.76. The Labute approximate surface area is 229 Å². The quantitative estimate of drug-likeness (QED) is 0.333. The number of ether oxygens (including phenoxy) is 1. The number of methoxy groups -OCH3 is 1. The third kappa shape index (κ3) is 5.86. The molecule has 4 rings (SSSR count). The van der Waals surface area contributed by atoms with Crippen molar-refractivity contribution in [3.8, 4) is 5.75 Å². The summed E-state index contributed by atoms with van der Waals surface area (Å²) in [6.45, 7) is 9.06. The molecule has 196 valence electrons. The molecule has 0 fully saturated rings. The fourth-order valence-corrected chi connectivity index (χ4v) is 5.62. The first-order valence-corrected chi connectivity index (χ1v) is 13.5. The zero-order valence-corrected chi connectivity index (χ0v) is 23.7. The molecule has 0 bridgehead atoms. The van der Waals surface area contributed by atoms with Crippen LogP contribution >= 0.6 is 0 Å². The lowest BCUT2D eigenvalue weighted by Crippen LogP contribution is -2.22. The van der Waals surface area contributed by atoms with Crippen LogP contribution in [0.1, 0.15) is 45.2 Å². The second kappa shape index (κ2) is 11.7. The van der Waals surface area contributed by atoms with E-state index in [4.69, 9.17) is 4.74 Å². The number of likely N-dealkylation sites (N-methyl/N-ethyl adjacent to an activating group) is 1. The van der Waals surface area contributed by atoms with E-state index in [2.05, 4.69) is 149 Å². The van der Waals surface area contributed by atoms with Crippen molar-refractivity contribution in [3.05, 3.63) is 143 Å². The minimum Gasteiger partial charge on any atom is -0.497 e. The fourth-order valence-electron chi connectivity index (χ4n) is 5.62. The number of hydrogen-bond donors (Lipinski definition) is 0. The smallest absolute Gasteiger partial charge is 0.119 e. The van der Waals surface area contributed by atoms with Gasteiger partial charge in [-0.3, -0.25) is 0 Å². The van der Waals surface area contributed by atoms with Gasteiger partial charge in [0.05, 0.1) is 7.11 Å². The molecular formula is C36H41NO. The van der Waals surface area contributed by atoms with Crippen molar-refractivity contribution in [1.82, 2.24) is 0 Å². The van der Waals surface area contributed by atoms with E-state index in [0.717, 1.165) is 18.6 Å². The van der Waals surface area contributed by atoms with Gasteiger partial charge in [0.15, 0.2) is 0 Å². The third-order valence-electron chi connectivity index (χ3n) is 7.84. The molecule has 2 heteroatoms. The Hall–Kier alpha value is -3.78. The summed E-state index contributed by atoms with van der Waals surface area (Å²) in [6, 6.07) is 17.1. The van der Waals surface area contributed by atoms with Crippen LogP contribution in [0.2, 0.25) is 0 Å². The highest BCUT2D eigenvalue weighted by Crippen LogP contribution is 2.48. The average Bonchev–Trinajstić information content (AvgIpc) is 3.11. The van der Waals surface area contributed by atoms with Gasteiger partial charge in [0.25, 0.3) is 0 Å². The number of fused-ring (bicyclic) bond motifs is 1. The summed E-state index contributed by atoms with van der Waals surface area (Å²) >= 11 is 0. The lowest BCUT2D eigenvalue weighted by Gasteiger charge is -2.28. The maximum Gasteiger partial charge on any atom is 0.119 e. The summed E-state index contributed by atoms with van der Waals surface area (Å²) in [5, 5.41) is 0. The molecule has 2 aromatic rings. The van der Waals surface area contributed by atoms with E-state index in [-0.39, 0.29) is 10.8 Å². The van der Waals surface area contributed by atoms with E-state index in [1.54, 1.807) is 7.11 Å². The number of nitrogens with zero attached hydrogens (tertiary/aromatic N) is 1. The second-order valence-corrected chi connectivity index (χ2v) is 10.9. The zero-order valence-electron chi connectivity index (χ0n) is 23.7. The molecule has 0 aromatic heterocycles. The molecule has 0 saturated carbocycles. The van der Waals surface area contributed by atoms with E-state index in [9.17, 15) is 0 Å². The highest BCUT2D eigenvalue weighted by Gasteiger charge is 2.38. The van der Waals surface area contributed by atoms with Gasteiger partial charge in [0.2, 0.25) is 0 Å². The molecule has 2 aliphatic rings. The predicted molar refractivity (Wildman–Crippen MR) is 164 cm³/mol. The van der Waals surface area contributed by atoms with E-state index >= 15 is 0 Å². The molecule has 0 N–H and O–H groups in total. The minimum atomic E-state index is -0.149. The first-order valence-electron chi connectivity index (χ1n) is 13.5. The Kier molecular flexibility index (Phi) is 8.42. The maximum atomic E-state index is 5.51. The van der Waals surface area contributed by atoms with E-state index in [1.807, 2.05) is 6.07 Å². The molecule has 2 nitrogen and oxygen atoms in total. The van der Waals surface area contributed by atoms with Crippen molar-refractivity contribution in [1.29, 1.82) is 0 Å². The zero-order chi connectivity index (χ0) is 27.2. The molecule has 1 atom stereocenters. The van der Waals surface area contributed by atoms with Gasteiger partial charge in [-0.1, -0.05) is 112 Å². The maximum absolute atomic E-state index is 5.51. The highest BCUT2D eigenvalue weighted by molar-refractivity contribution is 5.71. The van der Waals surface area contributed by atoms with Crippen molar-refractivity contribution in [3.63, 3.8) is 0 Å². The van der Waals surface area contributed by atoms with Gasteiger partial charge in [0, 0.05) is 29.3 Å². The average molecular weight is 504 g/mol. The lowest BCUT2D eigenvalue weighted by molar-refractivity contribution is 0.413. The number of rotatable bonds is 8. The van der Waals surface area contributed by atoms with Crippen molar-refractivity contribution in [2.45, 2.75) is 46.0 Å².